The fourth-order valence-electron chi connectivity index (χ4n) is 2.04. The standard InChI is InChI=1S/C17H18N4O4/c1-10(16(22)23-17(2,3)4)14-19-15(25-21-14)12-9-13(24-20-12)11-5-7-18-8-6-11/h5-10H,1-4H3. The van der Waals surface area contributed by atoms with Crippen molar-refractivity contribution in [1.29, 1.82) is 0 Å². The lowest BCUT2D eigenvalue weighted by Crippen LogP contribution is -2.27. The van der Waals surface area contributed by atoms with Gasteiger partial charge in [0.15, 0.2) is 17.3 Å². The average Bonchev–Trinajstić information content (AvgIpc) is 3.22. The van der Waals surface area contributed by atoms with Crippen molar-refractivity contribution in [2.24, 2.45) is 0 Å². The second-order valence-corrected chi connectivity index (χ2v) is 6.53. The number of ether oxygens (including phenoxy) is 1. The molecule has 0 saturated heterocycles. The lowest BCUT2D eigenvalue weighted by atomic mass is 10.1. The van der Waals surface area contributed by atoms with Gasteiger partial charge in [-0.15, -0.1) is 0 Å². The molecule has 0 radical (unpaired) electrons. The molecule has 1 unspecified atom stereocenters. The zero-order valence-electron chi connectivity index (χ0n) is 14.4. The molecule has 3 aromatic rings. The molecule has 0 aliphatic rings. The van der Waals surface area contributed by atoms with Crippen molar-refractivity contribution in [1.82, 2.24) is 20.3 Å². The van der Waals surface area contributed by atoms with Crippen molar-refractivity contribution in [2.45, 2.75) is 39.2 Å². The molecule has 8 nitrogen and oxygen atoms in total. The van der Waals surface area contributed by atoms with Gasteiger partial charge in [0.25, 0.3) is 5.89 Å². The zero-order valence-corrected chi connectivity index (χ0v) is 14.4. The van der Waals surface area contributed by atoms with Gasteiger partial charge in [-0.05, 0) is 39.8 Å². The number of hydrogen-bond acceptors (Lipinski definition) is 8. The SMILES string of the molecule is CC(C(=O)OC(C)(C)C)c1noc(-c2cc(-c3ccncc3)on2)n1. The Kier molecular flexibility index (Phi) is 4.35. The lowest BCUT2D eigenvalue weighted by molar-refractivity contribution is -0.156. The highest BCUT2D eigenvalue weighted by atomic mass is 16.6. The maximum atomic E-state index is 12.1. The summed E-state index contributed by atoms with van der Waals surface area (Å²) in [5.41, 5.74) is 0.640. The minimum atomic E-state index is -0.650. The quantitative estimate of drug-likeness (QED) is 0.666. The van der Waals surface area contributed by atoms with E-state index in [-0.39, 0.29) is 11.7 Å². The van der Waals surface area contributed by atoms with Crippen LogP contribution in [0.5, 0.6) is 0 Å². The third-order valence-electron chi connectivity index (χ3n) is 3.28. The Morgan fingerprint density at radius 3 is 2.56 bits per heavy atom. The van der Waals surface area contributed by atoms with E-state index in [1.165, 1.54) is 0 Å². The Bertz CT molecular complexity index is 864. The van der Waals surface area contributed by atoms with Gasteiger partial charge in [-0.1, -0.05) is 10.3 Å². The van der Waals surface area contributed by atoms with Crippen molar-refractivity contribution in [3.05, 3.63) is 36.4 Å². The van der Waals surface area contributed by atoms with Crippen LogP contribution < -0.4 is 0 Å². The number of esters is 1. The summed E-state index contributed by atoms with van der Waals surface area (Å²) in [4.78, 5) is 20.3. The summed E-state index contributed by atoms with van der Waals surface area (Å²) in [5.74, 6) is -0.106. The molecule has 1 atom stereocenters. The van der Waals surface area contributed by atoms with E-state index in [9.17, 15) is 4.79 Å². The average molecular weight is 342 g/mol. The first-order valence-electron chi connectivity index (χ1n) is 7.77. The smallest absolute Gasteiger partial charge is 0.317 e. The van der Waals surface area contributed by atoms with Crippen LogP contribution in [0.1, 0.15) is 39.4 Å². The van der Waals surface area contributed by atoms with Crippen LogP contribution in [0.3, 0.4) is 0 Å². The molecular weight excluding hydrogens is 324 g/mol. The van der Waals surface area contributed by atoms with Gasteiger partial charge in [0, 0.05) is 24.0 Å². The normalized spacial score (nSPS) is 12.8. The van der Waals surface area contributed by atoms with Crippen molar-refractivity contribution in [3.63, 3.8) is 0 Å². The molecular formula is C17H18N4O4. The number of rotatable bonds is 4. The first kappa shape index (κ1) is 16.8. The first-order chi connectivity index (χ1) is 11.8. The van der Waals surface area contributed by atoms with Crippen LogP contribution in [0.4, 0.5) is 0 Å². The Labute approximate surface area is 144 Å². The Morgan fingerprint density at radius 2 is 1.88 bits per heavy atom. The number of aromatic nitrogens is 4. The molecule has 130 valence electrons. The predicted molar refractivity (Wildman–Crippen MR) is 87.3 cm³/mol. The molecule has 0 aliphatic carbocycles. The number of pyridine rings is 1. The summed E-state index contributed by atoms with van der Waals surface area (Å²) in [6, 6.07) is 5.28. The highest BCUT2D eigenvalue weighted by Gasteiger charge is 2.27. The molecule has 3 aromatic heterocycles. The topological polar surface area (TPSA) is 104 Å². The van der Waals surface area contributed by atoms with E-state index in [4.69, 9.17) is 13.8 Å². The molecule has 3 rings (SSSR count). The van der Waals surface area contributed by atoms with Crippen molar-refractivity contribution < 1.29 is 18.6 Å². The van der Waals surface area contributed by atoms with Gasteiger partial charge in [0.2, 0.25) is 0 Å². The van der Waals surface area contributed by atoms with Crippen molar-refractivity contribution >= 4 is 5.97 Å². The molecule has 0 spiro atoms. The van der Waals surface area contributed by atoms with Gasteiger partial charge in [-0.25, -0.2) is 0 Å². The third-order valence-corrected chi connectivity index (χ3v) is 3.28. The fraction of sp³-hybridized carbons (Fsp3) is 0.353. The zero-order chi connectivity index (χ0) is 18.0. The minimum Gasteiger partial charge on any atom is -0.459 e. The molecule has 8 heteroatoms. The van der Waals surface area contributed by atoms with Crippen LogP contribution in [0, 0.1) is 0 Å². The van der Waals surface area contributed by atoms with E-state index in [1.54, 1.807) is 58.3 Å². The molecule has 0 fully saturated rings. The first-order valence-corrected chi connectivity index (χ1v) is 7.77. The Morgan fingerprint density at radius 1 is 1.16 bits per heavy atom. The van der Waals surface area contributed by atoms with Crippen LogP contribution >= 0.6 is 0 Å². The Balaban J connectivity index is 1.78. The predicted octanol–water partition coefficient (Wildman–Crippen LogP) is 3.23. The monoisotopic (exact) mass is 342 g/mol. The molecule has 0 amide bonds. The summed E-state index contributed by atoms with van der Waals surface area (Å²) >= 11 is 0. The van der Waals surface area contributed by atoms with Gasteiger partial charge < -0.3 is 13.8 Å². The van der Waals surface area contributed by atoms with Crippen LogP contribution in [-0.2, 0) is 9.53 Å². The van der Waals surface area contributed by atoms with Crippen molar-refractivity contribution in [3.8, 4) is 22.9 Å². The molecule has 3 heterocycles. The van der Waals surface area contributed by atoms with E-state index in [2.05, 4.69) is 20.3 Å². The summed E-state index contributed by atoms with van der Waals surface area (Å²) in [6.45, 7) is 7.06. The second-order valence-electron chi connectivity index (χ2n) is 6.53. The van der Waals surface area contributed by atoms with Gasteiger partial charge in [-0.3, -0.25) is 9.78 Å². The molecule has 0 saturated carbocycles. The number of hydrogen-bond donors (Lipinski definition) is 0. The van der Waals surface area contributed by atoms with Gasteiger partial charge in [0.05, 0.1) is 0 Å². The van der Waals surface area contributed by atoms with E-state index in [0.29, 0.717) is 11.5 Å². The fourth-order valence-corrected chi connectivity index (χ4v) is 2.04. The molecule has 25 heavy (non-hydrogen) atoms. The summed E-state index contributed by atoms with van der Waals surface area (Å²) < 4.78 is 15.8. The summed E-state index contributed by atoms with van der Waals surface area (Å²) in [5, 5.41) is 7.78. The maximum Gasteiger partial charge on any atom is 0.317 e. The number of carbonyl (C=O) groups excluding carboxylic acids is 1. The number of nitrogens with zero attached hydrogens (tertiary/aromatic N) is 4. The molecule has 0 aromatic carbocycles. The molecule has 0 aliphatic heterocycles. The summed E-state index contributed by atoms with van der Waals surface area (Å²) in [7, 11) is 0. The maximum absolute atomic E-state index is 12.1. The van der Waals surface area contributed by atoms with Crippen LogP contribution in [0.25, 0.3) is 22.9 Å². The lowest BCUT2D eigenvalue weighted by Gasteiger charge is -2.21. The third kappa shape index (κ3) is 3.90. The second kappa shape index (κ2) is 6.46. The van der Waals surface area contributed by atoms with Crippen molar-refractivity contribution in [2.75, 3.05) is 0 Å². The Hall–Kier alpha value is -3.03. The van der Waals surface area contributed by atoms with Crippen LogP contribution in [0.2, 0.25) is 0 Å². The van der Waals surface area contributed by atoms with E-state index >= 15 is 0 Å². The number of carbonyl (C=O) groups is 1. The van der Waals surface area contributed by atoms with Gasteiger partial charge >= 0.3 is 5.97 Å². The molecule has 0 N–H and O–H groups in total. The van der Waals surface area contributed by atoms with Crippen LogP contribution in [-0.4, -0.2) is 31.9 Å². The van der Waals surface area contributed by atoms with Gasteiger partial charge in [-0.2, -0.15) is 4.98 Å². The highest BCUT2D eigenvalue weighted by molar-refractivity contribution is 5.77. The van der Waals surface area contributed by atoms with Gasteiger partial charge in [0.1, 0.15) is 11.5 Å². The van der Waals surface area contributed by atoms with E-state index in [0.717, 1.165) is 5.56 Å². The van der Waals surface area contributed by atoms with Crippen LogP contribution in [0.15, 0.2) is 39.6 Å². The highest BCUT2D eigenvalue weighted by Crippen LogP contribution is 2.26. The molecule has 0 bridgehead atoms. The largest absolute Gasteiger partial charge is 0.459 e. The minimum absolute atomic E-state index is 0.175. The summed E-state index contributed by atoms with van der Waals surface area (Å²) in [6.07, 6.45) is 3.32. The van der Waals surface area contributed by atoms with E-state index in [1.807, 2.05) is 0 Å². The van der Waals surface area contributed by atoms with E-state index < -0.39 is 17.5 Å².